The fourth-order valence-electron chi connectivity index (χ4n) is 8.22. The number of hydrogen-bond acceptors (Lipinski definition) is 6. The summed E-state index contributed by atoms with van der Waals surface area (Å²) < 4.78 is 13.9. The molecule has 3 aliphatic carbocycles. The van der Waals surface area contributed by atoms with E-state index in [1.54, 1.807) is 13.4 Å². The first-order chi connectivity index (χ1) is 19.9. The molecule has 41 heavy (non-hydrogen) atoms. The van der Waals surface area contributed by atoms with Gasteiger partial charge in [0, 0.05) is 25.5 Å². The minimum atomic E-state index is -0.537. The monoisotopic (exact) mass is 588 g/mol. The predicted molar refractivity (Wildman–Crippen MR) is 161 cm³/mol. The molecule has 0 aromatic carbocycles. The summed E-state index contributed by atoms with van der Waals surface area (Å²) in [4.78, 5) is 16.0. The van der Waals surface area contributed by atoms with Crippen LogP contribution in [-0.2, 0) is 20.9 Å². The van der Waals surface area contributed by atoms with Crippen LogP contribution >= 0.6 is 11.6 Å². The van der Waals surface area contributed by atoms with Gasteiger partial charge in [-0.05, 0) is 74.0 Å². The van der Waals surface area contributed by atoms with Crippen molar-refractivity contribution in [3.05, 3.63) is 36.5 Å². The number of alkyl halides is 1. The van der Waals surface area contributed by atoms with Gasteiger partial charge in [-0.3, -0.25) is 4.48 Å². The van der Waals surface area contributed by atoms with Gasteiger partial charge < -0.3 is 20.0 Å². The number of halogens is 1. The van der Waals surface area contributed by atoms with Crippen molar-refractivity contribution in [2.45, 2.75) is 101 Å². The van der Waals surface area contributed by atoms with Gasteiger partial charge in [0.25, 0.3) is 0 Å². The zero-order chi connectivity index (χ0) is 28.7. The molecule has 1 aromatic rings. The van der Waals surface area contributed by atoms with Gasteiger partial charge in [0.15, 0.2) is 11.7 Å². The molecular weight excluding hydrogens is 538 g/mol. The zero-order valence-corrected chi connectivity index (χ0v) is 25.7. The van der Waals surface area contributed by atoms with Gasteiger partial charge in [-0.2, -0.15) is 5.10 Å². The second-order valence-corrected chi connectivity index (χ2v) is 13.8. The lowest BCUT2D eigenvalue weighted by Gasteiger charge is -2.53. The summed E-state index contributed by atoms with van der Waals surface area (Å²) in [5, 5.41) is 4.47. The number of methoxy groups -OCH3 is 1. The third kappa shape index (κ3) is 7.32. The number of aldehydes is 1. The second kappa shape index (κ2) is 14.3. The Hall–Kier alpha value is -1.58. The Balaban J connectivity index is 1.25. The molecule has 2 saturated carbocycles. The van der Waals surface area contributed by atoms with E-state index in [2.05, 4.69) is 28.3 Å². The minimum absolute atomic E-state index is 0.0229. The molecule has 0 radical (unpaired) electrons. The Kier molecular flexibility index (Phi) is 10.7. The summed E-state index contributed by atoms with van der Waals surface area (Å²) in [5.74, 6) is 1.69. The van der Waals surface area contributed by atoms with Crippen LogP contribution in [0.4, 0.5) is 0 Å². The van der Waals surface area contributed by atoms with Gasteiger partial charge in [0.1, 0.15) is 18.9 Å². The molecule has 1 aliphatic heterocycles. The second-order valence-electron chi connectivity index (χ2n) is 13.2. The van der Waals surface area contributed by atoms with Crippen molar-refractivity contribution in [1.82, 2.24) is 14.8 Å². The van der Waals surface area contributed by atoms with E-state index < -0.39 is 5.00 Å². The quantitative estimate of drug-likeness (QED) is 0.118. The third-order valence-electron chi connectivity index (χ3n) is 10.8. The van der Waals surface area contributed by atoms with Gasteiger partial charge in [0.05, 0.1) is 32.4 Å². The minimum Gasteiger partial charge on any atom is -0.382 e. The first kappa shape index (κ1) is 30.9. The molecule has 0 spiro atoms. The number of carbonyl (C=O) groups is 1. The van der Waals surface area contributed by atoms with E-state index in [1.165, 1.54) is 50.5 Å². The number of quaternary nitrogens is 1. The molecular formula is C32H51ClN5O3+. The molecule has 228 valence electrons. The number of aromatic nitrogens is 3. The highest BCUT2D eigenvalue weighted by Gasteiger charge is 2.51. The Labute approximate surface area is 251 Å². The molecule has 4 aliphatic rings. The molecule has 0 amide bonds. The van der Waals surface area contributed by atoms with E-state index in [-0.39, 0.29) is 24.0 Å². The van der Waals surface area contributed by atoms with E-state index in [0.29, 0.717) is 19.6 Å². The van der Waals surface area contributed by atoms with Crippen LogP contribution in [0.25, 0.3) is 0 Å². The summed E-state index contributed by atoms with van der Waals surface area (Å²) in [6.07, 6.45) is 24.9. The van der Waals surface area contributed by atoms with Gasteiger partial charge in [-0.15, -0.1) is 0 Å². The van der Waals surface area contributed by atoms with E-state index >= 15 is 0 Å². The lowest BCUT2D eigenvalue weighted by Crippen LogP contribution is -2.64. The Morgan fingerprint density at radius 3 is 2.59 bits per heavy atom. The number of piperidine rings is 1. The largest absolute Gasteiger partial charge is 0.382 e. The molecule has 5 atom stereocenters. The first-order valence-electron chi connectivity index (χ1n) is 16.0. The summed E-state index contributed by atoms with van der Waals surface area (Å²) in [5.41, 5.74) is 7.74. The molecule has 2 heterocycles. The number of nitrogens with two attached hydrogens (primary N) is 1. The van der Waals surface area contributed by atoms with Crippen molar-refractivity contribution in [2.75, 3.05) is 33.4 Å². The highest BCUT2D eigenvalue weighted by molar-refractivity contribution is 6.24. The number of ether oxygens (including phenoxy) is 2. The molecule has 4 unspecified atom stereocenters. The number of hydrogen-bond donors (Lipinski definition) is 1. The van der Waals surface area contributed by atoms with E-state index in [0.717, 1.165) is 68.0 Å². The van der Waals surface area contributed by atoms with Crippen molar-refractivity contribution in [3.63, 3.8) is 0 Å². The number of allylic oxidation sites excluding steroid dienone is 2. The number of likely N-dealkylation sites (tertiary alicyclic amines) is 1. The number of carbonyl (C=O) groups excluding carboxylic acids is 1. The smallest absolute Gasteiger partial charge is 0.198 e. The van der Waals surface area contributed by atoms with Crippen LogP contribution in [0.15, 0.2) is 36.5 Å². The molecule has 1 aromatic heterocycles. The van der Waals surface area contributed by atoms with Crippen LogP contribution in [-0.4, -0.2) is 76.1 Å². The van der Waals surface area contributed by atoms with Gasteiger partial charge in [0.2, 0.25) is 0 Å². The van der Waals surface area contributed by atoms with Crippen molar-refractivity contribution < 1.29 is 18.8 Å². The van der Waals surface area contributed by atoms with Crippen LogP contribution in [0.2, 0.25) is 0 Å². The van der Waals surface area contributed by atoms with Crippen LogP contribution in [0.3, 0.4) is 0 Å². The van der Waals surface area contributed by atoms with Crippen molar-refractivity contribution in [3.8, 4) is 0 Å². The summed E-state index contributed by atoms with van der Waals surface area (Å²) in [6.45, 7) is 4.00. The summed E-state index contributed by atoms with van der Waals surface area (Å²) in [7, 11) is 1.68. The average molecular weight is 589 g/mol. The molecule has 5 rings (SSSR count). The Morgan fingerprint density at radius 1 is 1.15 bits per heavy atom. The Bertz CT molecular complexity index is 1020. The lowest BCUT2D eigenvalue weighted by molar-refractivity contribution is -0.981. The lowest BCUT2D eigenvalue weighted by atomic mass is 9.73. The van der Waals surface area contributed by atoms with Crippen molar-refractivity contribution in [1.29, 1.82) is 0 Å². The standard InChI is InChI=1S/C32H51ClN5O3/c1-40-17-18-41-29-7-8-31(34)30(20-29)28(21-39)19-25-9-13-32(33,14-10-25)38(24-37-23-35-22-36-37)15-11-27(12-16-38)26-5-3-2-4-6-26/h9-10,13,21-23,26-31H,2-8,11-12,14-20,24,34H2,1H3/q+1/t27?,28-,29?,30?,31?,32?,38?/m0/s1. The van der Waals surface area contributed by atoms with Gasteiger partial charge in [-0.25, -0.2) is 9.67 Å². The number of nitrogens with zero attached hydrogens (tertiary/aromatic N) is 4. The number of rotatable bonds is 12. The van der Waals surface area contributed by atoms with Crippen molar-refractivity contribution >= 4 is 17.9 Å². The maximum atomic E-state index is 12.3. The SMILES string of the molecule is COCCOC1CCC(N)C([C@H](C=O)CC2=CCC(Cl)([N+]3(Cn4cncn4)CCC(C4CCCCC4)CC3)C=C2)C1. The zero-order valence-electron chi connectivity index (χ0n) is 24.9. The van der Waals surface area contributed by atoms with E-state index in [9.17, 15) is 4.79 Å². The van der Waals surface area contributed by atoms with Gasteiger partial charge in [-0.1, -0.05) is 49.8 Å². The van der Waals surface area contributed by atoms with Crippen LogP contribution in [0.5, 0.6) is 0 Å². The van der Waals surface area contributed by atoms with Crippen LogP contribution in [0.1, 0.15) is 77.0 Å². The molecule has 0 bridgehead atoms. The predicted octanol–water partition coefficient (Wildman–Crippen LogP) is 5.23. The first-order valence-corrected chi connectivity index (χ1v) is 16.4. The average Bonchev–Trinajstić information content (AvgIpc) is 3.52. The molecule has 1 saturated heterocycles. The molecule has 8 nitrogen and oxygen atoms in total. The maximum absolute atomic E-state index is 12.3. The third-order valence-corrected chi connectivity index (χ3v) is 11.4. The highest BCUT2D eigenvalue weighted by Crippen LogP contribution is 2.46. The normalized spacial score (nSPS) is 35.6. The Morgan fingerprint density at radius 2 is 1.93 bits per heavy atom. The molecule has 2 N–H and O–H groups in total. The van der Waals surface area contributed by atoms with Crippen LogP contribution < -0.4 is 5.73 Å². The molecule has 9 heteroatoms. The van der Waals surface area contributed by atoms with Crippen molar-refractivity contribution in [2.24, 2.45) is 29.4 Å². The topological polar surface area (TPSA) is 92.3 Å². The maximum Gasteiger partial charge on any atom is 0.198 e. The highest BCUT2D eigenvalue weighted by atomic mass is 35.5. The summed E-state index contributed by atoms with van der Waals surface area (Å²) >= 11 is 7.61. The summed E-state index contributed by atoms with van der Waals surface area (Å²) in [6, 6.07) is 0.0229. The fraction of sp³-hybridized carbons (Fsp3) is 0.781. The molecule has 3 fully saturated rings. The van der Waals surface area contributed by atoms with Crippen LogP contribution in [0, 0.1) is 23.7 Å². The fourth-order valence-corrected chi connectivity index (χ4v) is 8.59. The van der Waals surface area contributed by atoms with E-state index in [4.69, 9.17) is 26.8 Å². The van der Waals surface area contributed by atoms with Gasteiger partial charge >= 0.3 is 0 Å². The van der Waals surface area contributed by atoms with E-state index in [1.807, 2.05) is 11.0 Å².